The number of hydrogen-bond donors (Lipinski definition) is 1. The summed E-state index contributed by atoms with van der Waals surface area (Å²) in [6.45, 7) is 5.44. The summed E-state index contributed by atoms with van der Waals surface area (Å²) in [6, 6.07) is 13.0. The van der Waals surface area contributed by atoms with Crippen LogP contribution in [-0.4, -0.2) is 18.3 Å². The lowest BCUT2D eigenvalue weighted by Gasteiger charge is -2.16. The van der Waals surface area contributed by atoms with Crippen molar-refractivity contribution in [3.63, 3.8) is 0 Å². The lowest BCUT2D eigenvalue weighted by molar-refractivity contribution is 0.269. The smallest absolute Gasteiger partial charge is 0.168 e. The maximum absolute atomic E-state index is 9.68. The van der Waals surface area contributed by atoms with Gasteiger partial charge in [0.15, 0.2) is 11.5 Å². The van der Waals surface area contributed by atoms with Crippen LogP contribution in [0.2, 0.25) is 0 Å². The van der Waals surface area contributed by atoms with Gasteiger partial charge in [-0.3, -0.25) is 0 Å². The number of para-hydroxylation sites is 1. The maximum Gasteiger partial charge on any atom is 0.168 e. The van der Waals surface area contributed by atoms with E-state index in [4.69, 9.17) is 9.47 Å². The Morgan fingerprint density at radius 1 is 0.905 bits per heavy atom. The summed E-state index contributed by atoms with van der Waals surface area (Å²) in [4.78, 5) is 0. The SMILES string of the molecule is CCCOc1cccc(-c2cccc(O)c2)c1OCCC. The molecule has 0 radical (unpaired) electrons. The normalized spacial score (nSPS) is 10.4. The lowest BCUT2D eigenvalue weighted by Crippen LogP contribution is -2.02. The standard InChI is InChI=1S/C18H22O3/c1-3-11-20-17-10-6-9-16(18(17)21-12-4-2)14-7-5-8-15(19)13-14/h5-10,13,19H,3-4,11-12H2,1-2H3. The summed E-state index contributed by atoms with van der Waals surface area (Å²) >= 11 is 0. The zero-order valence-corrected chi connectivity index (χ0v) is 12.6. The maximum atomic E-state index is 9.68. The van der Waals surface area contributed by atoms with Gasteiger partial charge in [0.1, 0.15) is 5.75 Å². The Morgan fingerprint density at radius 3 is 2.33 bits per heavy atom. The molecule has 3 nitrogen and oxygen atoms in total. The minimum absolute atomic E-state index is 0.244. The summed E-state index contributed by atoms with van der Waals surface area (Å²) in [5.74, 6) is 1.75. The van der Waals surface area contributed by atoms with Crippen molar-refractivity contribution in [1.29, 1.82) is 0 Å². The highest BCUT2D eigenvalue weighted by Crippen LogP contribution is 2.39. The van der Waals surface area contributed by atoms with Gasteiger partial charge in [0.05, 0.1) is 13.2 Å². The van der Waals surface area contributed by atoms with Gasteiger partial charge in [-0.15, -0.1) is 0 Å². The van der Waals surface area contributed by atoms with E-state index >= 15 is 0 Å². The molecule has 1 N–H and O–H groups in total. The van der Waals surface area contributed by atoms with Crippen LogP contribution in [0.1, 0.15) is 26.7 Å². The zero-order chi connectivity index (χ0) is 15.1. The Labute approximate surface area is 126 Å². The predicted octanol–water partition coefficient (Wildman–Crippen LogP) is 4.64. The van der Waals surface area contributed by atoms with Crippen molar-refractivity contribution in [2.24, 2.45) is 0 Å². The number of aromatic hydroxyl groups is 1. The Balaban J connectivity index is 2.43. The summed E-state index contributed by atoms with van der Waals surface area (Å²) in [7, 11) is 0. The fraction of sp³-hybridized carbons (Fsp3) is 0.333. The summed E-state index contributed by atoms with van der Waals surface area (Å²) < 4.78 is 11.7. The predicted molar refractivity (Wildman–Crippen MR) is 85.1 cm³/mol. The van der Waals surface area contributed by atoms with E-state index in [1.54, 1.807) is 12.1 Å². The van der Waals surface area contributed by atoms with Gasteiger partial charge in [-0.2, -0.15) is 0 Å². The van der Waals surface area contributed by atoms with Crippen molar-refractivity contribution in [3.05, 3.63) is 42.5 Å². The van der Waals surface area contributed by atoms with Crippen LogP contribution in [0.25, 0.3) is 11.1 Å². The van der Waals surface area contributed by atoms with Gasteiger partial charge in [0.25, 0.3) is 0 Å². The van der Waals surface area contributed by atoms with Crippen molar-refractivity contribution in [2.75, 3.05) is 13.2 Å². The number of phenolic OH excluding ortho intramolecular Hbond substituents is 1. The summed E-state index contributed by atoms with van der Waals surface area (Å²) in [5, 5.41) is 9.68. The van der Waals surface area contributed by atoms with Crippen molar-refractivity contribution in [2.45, 2.75) is 26.7 Å². The first kappa shape index (κ1) is 15.2. The highest BCUT2D eigenvalue weighted by molar-refractivity contribution is 5.74. The average molecular weight is 286 g/mol. The molecule has 0 heterocycles. The number of phenols is 1. The van der Waals surface area contributed by atoms with Crippen LogP contribution in [0, 0.1) is 0 Å². The van der Waals surface area contributed by atoms with Gasteiger partial charge in [0, 0.05) is 5.56 Å². The van der Waals surface area contributed by atoms with Crippen LogP contribution >= 0.6 is 0 Å². The molecule has 0 aliphatic heterocycles. The Morgan fingerprint density at radius 2 is 1.62 bits per heavy atom. The second kappa shape index (κ2) is 7.58. The second-order valence-electron chi connectivity index (χ2n) is 4.88. The molecule has 0 saturated carbocycles. The third-order valence-corrected chi connectivity index (χ3v) is 3.05. The number of ether oxygens (including phenoxy) is 2. The van der Waals surface area contributed by atoms with Crippen LogP contribution in [0.4, 0.5) is 0 Å². The van der Waals surface area contributed by atoms with Crippen molar-refractivity contribution >= 4 is 0 Å². The van der Waals surface area contributed by atoms with Crippen LogP contribution in [0.15, 0.2) is 42.5 Å². The fourth-order valence-corrected chi connectivity index (χ4v) is 2.10. The highest BCUT2D eigenvalue weighted by atomic mass is 16.5. The Hall–Kier alpha value is -2.16. The molecule has 21 heavy (non-hydrogen) atoms. The summed E-state index contributed by atoms with van der Waals surface area (Å²) in [6.07, 6.45) is 1.88. The molecule has 2 aromatic rings. The molecule has 112 valence electrons. The minimum Gasteiger partial charge on any atom is -0.508 e. The van der Waals surface area contributed by atoms with E-state index in [-0.39, 0.29) is 5.75 Å². The van der Waals surface area contributed by atoms with E-state index in [0.29, 0.717) is 13.2 Å². The molecule has 0 aliphatic rings. The van der Waals surface area contributed by atoms with E-state index in [2.05, 4.69) is 13.8 Å². The molecular weight excluding hydrogens is 264 g/mol. The first-order valence-electron chi connectivity index (χ1n) is 7.44. The van der Waals surface area contributed by atoms with Crippen LogP contribution in [-0.2, 0) is 0 Å². The fourth-order valence-electron chi connectivity index (χ4n) is 2.10. The monoisotopic (exact) mass is 286 g/mol. The molecule has 0 amide bonds. The third-order valence-electron chi connectivity index (χ3n) is 3.05. The first-order chi connectivity index (χ1) is 10.3. The largest absolute Gasteiger partial charge is 0.508 e. The first-order valence-corrected chi connectivity index (χ1v) is 7.44. The number of benzene rings is 2. The lowest BCUT2D eigenvalue weighted by atomic mass is 10.0. The van der Waals surface area contributed by atoms with Gasteiger partial charge in [-0.1, -0.05) is 38.1 Å². The molecule has 2 rings (SSSR count). The molecule has 0 unspecified atom stereocenters. The molecule has 2 aromatic carbocycles. The molecule has 0 fully saturated rings. The van der Waals surface area contributed by atoms with Crippen molar-refractivity contribution < 1.29 is 14.6 Å². The van der Waals surface area contributed by atoms with E-state index in [1.165, 1.54) is 0 Å². The molecule has 0 atom stereocenters. The third kappa shape index (κ3) is 3.91. The summed E-state index contributed by atoms with van der Waals surface area (Å²) in [5.41, 5.74) is 1.86. The van der Waals surface area contributed by atoms with Crippen LogP contribution in [0.3, 0.4) is 0 Å². The molecular formula is C18H22O3. The Kier molecular flexibility index (Phi) is 5.50. The molecule has 0 spiro atoms. The van der Waals surface area contributed by atoms with Gasteiger partial charge in [-0.05, 0) is 36.6 Å². The van der Waals surface area contributed by atoms with E-state index in [9.17, 15) is 5.11 Å². The van der Waals surface area contributed by atoms with Crippen molar-refractivity contribution in [1.82, 2.24) is 0 Å². The Bertz CT molecular complexity index is 578. The zero-order valence-electron chi connectivity index (χ0n) is 12.6. The molecule has 0 aliphatic carbocycles. The van der Waals surface area contributed by atoms with Crippen molar-refractivity contribution in [3.8, 4) is 28.4 Å². The topological polar surface area (TPSA) is 38.7 Å². The van der Waals surface area contributed by atoms with E-state index < -0.39 is 0 Å². The molecule has 3 heteroatoms. The minimum atomic E-state index is 0.244. The molecule has 0 saturated heterocycles. The number of hydrogen-bond acceptors (Lipinski definition) is 3. The van der Waals surface area contributed by atoms with Gasteiger partial charge in [-0.25, -0.2) is 0 Å². The van der Waals surface area contributed by atoms with Gasteiger partial charge in [0.2, 0.25) is 0 Å². The molecule has 0 bridgehead atoms. The van der Waals surface area contributed by atoms with Gasteiger partial charge >= 0.3 is 0 Å². The van der Waals surface area contributed by atoms with Crippen LogP contribution in [0.5, 0.6) is 17.2 Å². The quantitative estimate of drug-likeness (QED) is 0.806. The van der Waals surface area contributed by atoms with E-state index in [1.807, 2.05) is 30.3 Å². The second-order valence-corrected chi connectivity index (χ2v) is 4.88. The van der Waals surface area contributed by atoms with E-state index in [0.717, 1.165) is 35.5 Å². The van der Waals surface area contributed by atoms with Gasteiger partial charge < -0.3 is 14.6 Å². The highest BCUT2D eigenvalue weighted by Gasteiger charge is 2.13. The van der Waals surface area contributed by atoms with Crippen LogP contribution < -0.4 is 9.47 Å². The number of rotatable bonds is 7. The molecule has 0 aromatic heterocycles. The average Bonchev–Trinajstić information content (AvgIpc) is 2.51.